The average Bonchev–Trinajstić information content (AvgIpc) is 2.66. The van der Waals surface area contributed by atoms with Gasteiger partial charge in [0, 0.05) is 18.4 Å². The molecule has 4 heteroatoms. The van der Waals surface area contributed by atoms with E-state index >= 15 is 0 Å². The zero-order chi connectivity index (χ0) is 17.6. The molecule has 1 aromatic carbocycles. The van der Waals surface area contributed by atoms with Gasteiger partial charge in [-0.3, -0.25) is 9.78 Å². The van der Waals surface area contributed by atoms with Crippen LogP contribution in [0.4, 0.5) is 0 Å². The first kappa shape index (κ1) is 16.8. The Kier molecular flexibility index (Phi) is 5.19. The second-order valence-electron chi connectivity index (χ2n) is 6.01. The molecular formula is C21H21N3O. The first-order valence-electron chi connectivity index (χ1n) is 8.34. The minimum atomic E-state index is -0.156. The van der Waals surface area contributed by atoms with Crippen LogP contribution in [0.2, 0.25) is 0 Å². The third-order valence-electron chi connectivity index (χ3n) is 4.15. The minimum absolute atomic E-state index is 0.0919. The molecule has 126 valence electrons. The van der Waals surface area contributed by atoms with Crippen LogP contribution in [0.15, 0.2) is 72.9 Å². The van der Waals surface area contributed by atoms with Crippen molar-refractivity contribution in [2.45, 2.75) is 26.4 Å². The van der Waals surface area contributed by atoms with E-state index in [1.807, 2.05) is 79.4 Å². The summed E-state index contributed by atoms with van der Waals surface area (Å²) in [5.41, 5.74) is 3.22. The maximum absolute atomic E-state index is 13.2. The molecule has 0 radical (unpaired) electrons. The van der Waals surface area contributed by atoms with Gasteiger partial charge in [-0.1, -0.05) is 42.5 Å². The van der Waals surface area contributed by atoms with Crippen LogP contribution >= 0.6 is 0 Å². The number of aryl methyl sites for hydroxylation is 1. The van der Waals surface area contributed by atoms with Gasteiger partial charge in [-0.2, -0.15) is 0 Å². The minimum Gasteiger partial charge on any atom is -0.325 e. The molecule has 1 atom stereocenters. The molecule has 0 saturated carbocycles. The summed E-state index contributed by atoms with van der Waals surface area (Å²) in [7, 11) is 0. The molecule has 0 fully saturated rings. The Morgan fingerprint density at radius 3 is 2.44 bits per heavy atom. The van der Waals surface area contributed by atoms with Gasteiger partial charge < -0.3 is 4.90 Å². The van der Waals surface area contributed by atoms with E-state index in [1.54, 1.807) is 12.3 Å². The van der Waals surface area contributed by atoms with Crippen LogP contribution in [0.3, 0.4) is 0 Å². The summed E-state index contributed by atoms with van der Waals surface area (Å²) in [5, 5.41) is 0. The number of amides is 1. The standard InChI is InChI=1S/C21H21N3O/c1-16-9-8-13-20(23-16)21(25)24(15-18-10-4-3-5-11-18)17(2)19-12-6-7-14-22-19/h3-14,17H,15H2,1-2H3. The average molecular weight is 331 g/mol. The molecule has 0 aliphatic carbocycles. The molecular weight excluding hydrogens is 310 g/mol. The quantitative estimate of drug-likeness (QED) is 0.704. The fourth-order valence-electron chi connectivity index (χ4n) is 2.76. The SMILES string of the molecule is Cc1cccc(C(=O)N(Cc2ccccc2)C(C)c2ccccn2)n1. The number of aromatic nitrogens is 2. The number of nitrogens with zero attached hydrogens (tertiary/aromatic N) is 3. The maximum atomic E-state index is 13.2. The lowest BCUT2D eigenvalue weighted by atomic mass is 10.1. The number of pyridine rings is 2. The van der Waals surface area contributed by atoms with Crippen LogP contribution in [0.1, 0.15) is 40.4 Å². The highest BCUT2D eigenvalue weighted by Crippen LogP contribution is 2.23. The Bertz CT molecular complexity index is 834. The van der Waals surface area contributed by atoms with E-state index in [-0.39, 0.29) is 11.9 Å². The monoisotopic (exact) mass is 331 g/mol. The lowest BCUT2D eigenvalue weighted by Crippen LogP contribution is -2.34. The number of hydrogen-bond donors (Lipinski definition) is 0. The van der Waals surface area contributed by atoms with Crippen LogP contribution < -0.4 is 0 Å². The molecule has 2 aromatic heterocycles. The number of benzene rings is 1. The van der Waals surface area contributed by atoms with Crippen LogP contribution in [0, 0.1) is 6.92 Å². The van der Waals surface area contributed by atoms with Gasteiger partial charge in [-0.15, -0.1) is 0 Å². The van der Waals surface area contributed by atoms with Crippen molar-refractivity contribution in [1.29, 1.82) is 0 Å². The highest BCUT2D eigenvalue weighted by atomic mass is 16.2. The molecule has 1 unspecified atom stereocenters. The fourth-order valence-corrected chi connectivity index (χ4v) is 2.76. The molecule has 0 aliphatic rings. The summed E-state index contributed by atoms with van der Waals surface area (Å²) in [5.74, 6) is -0.0919. The number of carbonyl (C=O) groups is 1. The molecule has 25 heavy (non-hydrogen) atoms. The number of hydrogen-bond acceptors (Lipinski definition) is 3. The van der Waals surface area contributed by atoms with Crippen molar-refractivity contribution in [2.24, 2.45) is 0 Å². The Balaban J connectivity index is 1.95. The van der Waals surface area contributed by atoms with Gasteiger partial charge in [0.05, 0.1) is 11.7 Å². The van der Waals surface area contributed by atoms with Crippen LogP contribution in [-0.4, -0.2) is 20.8 Å². The Morgan fingerprint density at radius 1 is 1.00 bits per heavy atom. The van der Waals surface area contributed by atoms with E-state index in [9.17, 15) is 4.79 Å². The summed E-state index contributed by atoms with van der Waals surface area (Å²) >= 11 is 0. The van der Waals surface area contributed by atoms with E-state index in [0.29, 0.717) is 12.2 Å². The Labute approximate surface area is 148 Å². The first-order chi connectivity index (χ1) is 12.1. The zero-order valence-corrected chi connectivity index (χ0v) is 14.5. The largest absolute Gasteiger partial charge is 0.325 e. The predicted octanol–water partition coefficient (Wildman–Crippen LogP) is 4.19. The van der Waals surface area contributed by atoms with Crippen molar-refractivity contribution in [3.63, 3.8) is 0 Å². The molecule has 0 aliphatic heterocycles. The summed E-state index contributed by atoms with van der Waals surface area (Å²) in [6.07, 6.45) is 1.75. The van der Waals surface area contributed by atoms with Crippen molar-refractivity contribution < 1.29 is 4.79 Å². The number of carbonyl (C=O) groups excluding carboxylic acids is 1. The summed E-state index contributed by atoms with van der Waals surface area (Å²) in [6, 6.07) is 21.1. The van der Waals surface area contributed by atoms with Crippen molar-refractivity contribution in [3.05, 3.63) is 95.6 Å². The van der Waals surface area contributed by atoms with Crippen LogP contribution in [0.5, 0.6) is 0 Å². The molecule has 4 nitrogen and oxygen atoms in total. The highest BCUT2D eigenvalue weighted by Gasteiger charge is 2.24. The van der Waals surface area contributed by atoms with Crippen molar-refractivity contribution in [3.8, 4) is 0 Å². The second-order valence-corrected chi connectivity index (χ2v) is 6.01. The van der Waals surface area contributed by atoms with Gasteiger partial charge in [-0.25, -0.2) is 4.98 Å². The van der Waals surface area contributed by atoms with Gasteiger partial charge in [0.15, 0.2) is 0 Å². The Morgan fingerprint density at radius 2 is 1.76 bits per heavy atom. The molecule has 3 aromatic rings. The molecule has 2 heterocycles. The highest BCUT2D eigenvalue weighted by molar-refractivity contribution is 5.92. The predicted molar refractivity (Wildman–Crippen MR) is 97.9 cm³/mol. The topological polar surface area (TPSA) is 46.1 Å². The summed E-state index contributed by atoms with van der Waals surface area (Å²) < 4.78 is 0. The molecule has 0 spiro atoms. The smallest absolute Gasteiger partial charge is 0.273 e. The second kappa shape index (κ2) is 7.71. The van der Waals surface area contributed by atoms with E-state index in [1.165, 1.54) is 0 Å². The molecule has 0 bridgehead atoms. The van der Waals surface area contributed by atoms with E-state index in [2.05, 4.69) is 9.97 Å². The van der Waals surface area contributed by atoms with Crippen molar-refractivity contribution in [1.82, 2.24) is 14.9 Å². The normalized spacial score (nSPS) is 11.8. The molecule has 0 N–H and O–H groups in total. The molecule has 0 saturated heterocycles. The van der Waals surface area contributed by atoms with E-state index in [4.69, 9.17) is 0 Å². The third kappa shape index (κ3) is 4.10. The van der Waals surface area contributed by atoms with E-state index in [0.717, 1.165) is 17.0 Å². The van der Waals surface area contributed by atoms with Crippen molar-refractivity contribution in [2.75, 3.05) is 0 Å². The van der Waals surface area contributed by atoms with Crippen LogP contribution in [0.25, 0.3) is 0 Å². The van der Waals surface area contributed by atoms with Gasteiger partial charge in [0.25, 0.3) is 5.91 Å². The molecule has 1 amide bonds. The zero-order valence-electron chi connectivity index (χ0n) is 14.5. The number of rotatable bonds is 5. The molecule has 3 rings (SSSR count). The van der Waals surface area contributed by atoms with Crippen molar-refractivity contribution >= 4 is 5.91 Å². The summed E-state index contributed by atoms with van der Waals surface area (Å²) in [4.78, 5) is 23.8. The van der Waals surface area contributed by atoms with E-state index < -0.39 is 0 Å². The maximum Gasteiger partial charge on any atom is 0.273 e. The van der Waals surface area contributed by atoms with Crippen LogP contribution in [-0.2, 0) is 6.54 Å². The van der Waals surface area contributed by atoms with Gasteiger partial charge in [0.1, 0.15) is 5.69 Å². The fraction of sp³-hybridized carbons (Fsp3) is 0.190. The lowest BCUT2D eigenvalue weighted by molar-refractivity contribution is 0.0664. The van der Waals surface area contributed by atoms with Gasteiger partial charge in [-0.05, 0) is 43.7 Å². The lowest BCUT2D eigenvalue weighted by Gasteiger charge is -2.29. The first-order valence-corrected chi connectivity index (χ1v) is 8.34. The third-order valence-corrected chi connectivity index (χ3v) is 4.15. The summed E-state index contributed by atoms with van der Waals surface area (Å²) in [6.45, 7) is 4.40. The van der Waals surface area contributed by atoms with Gasteiger partial charge >= 0.3 is 0 Å². The van der Waals surface area contributed by atoms with Gasteiger partial charge in [0.2, 0.25) is 0 Å². The Hall–Kier alpha value is -3.01.